The molecule has 33 heavy (non-hydrogen) atoms. The standard InChI is InChI=1S/C21H33BN4O7/c1-21(24,20(30)25-8-7-23)11-26-9-12(10-26)33-16-6-5-14(18(27)17(16)19(28)29)13-3-2-4-15(13)22(31)32/h5-6,12-13,15,27,31-32H,2-4,7-11,23-24H2,1H3,(H,25,30)(H,28,29)/t13-,15-,21?/m1/s1. The molecule has 0 radical (unpaired) electrons. The molecule has 2 fully saturated rings. The van der Waals surface area contributed by atoms with Gasteiger partial charge in [0.25, 0.3) is 0 Å². The molecule has 3 atom stereocenters. The predicted molar refractivity (Wildman–Crippen MR) is 121 cm³/mol. The van der Waals surface area contributed by atoms with E-state index in [2.05, 4.69) is 5.32 Å². The van der Waals surface area contributed by atoms with Gasteiger partial charge < -0.3 is 41.8 Å². The van der Waals surface area contributed by atoms with Gasteiger partial charge in [-0.25, -0.2) is 4.79 Å². The number of nitrogens with zero attached hydrogens (tertiary/aromatic N) is 1. The predicted octanol–water partition coefficient (Wildman–Crippen LogP) is -0.944. The molecular formula is C21H33BN4O7. The summed E-state index contributed by atoms with van der Waals surface area (Å²) < 4.78 is 5.85. The van der Waals surface area contributed by atoms with Crippen LogP contribution in [-0.4, -0.2) is 88.5 Å². The normalized spacial score (nSPS) is 22.9. The monoisotopic (exact) mass is 464 g/mol. The Balaban J connectivity index is 1.66. The number of nitrogens with one attached hydrogen (secondary N) is 1. The average molecular weight is 464 g/mol. The Hall–Kier alpha value is -2.38. The van der Waals surface area contributed by atoms with Crippen molar-refractivity contribution in [2.24, 2.45) is 11.5 Å². The molecule has 1 aliphatic carbocycles. The summed E-state index contributed by atoms with van der Waals surface area (Å²) in [5.74, 6) is -2.79. The minimum atomic E-state index is -1.53. The third kappa shape index (κ3) is 5.58. The number of nitrogens with two attached hydrogens (primary N) is 2. The van der Waals surface area contributed by atoms with Crippen molar-refractivity contribution in [3.8, 4) is 11.5 Å². The van der Waals surface area contributed by atoms with Crippen molar-refractivity contribution in [2.45, 2.75) is 49.6 Å². The van der Waals surface area contributed by atoms with Crippen molar-refractivity contribution in [2.75, 3.05) is 32.7 Å². The minimum Gasteiger partial charge on any atom is -0.507 e. The molecule has 0 aromatic heterocycles. The van der Waals surface area contributed by atoms with Gasteiger partial charge in [0.2, 0.25) is 5.91 Å². The lowest BCUT2D eigenvalue weighted by Crippen LogP contribution is -2.64. The first-order valence-corrected chi connectivity index (χ1v) is 11.2. The highest BCUT2D eigenvalue weighted by molar-refractivity contribution is 6.43. The number of benzene rings is 1. The van der Waals surface area contributed by atoms with Crippen molar-refractivity contribution < 1.29 is 34.6 Å². The number of carbonyl (C=O) groups is 2. The Labute approximate surface area is 192 Å². The lowest BCUT2D eigenvalue weighted by Gasteiger charge is -2.42. The van der Waals surface area contributed by atoms with Gasteiger partial charge in [-0.15, -0.1) is 0 Å². The summed E-state index contributed by atoms with van der Waals surface area (Å²) >= 11 is 0. The number of hydrogen-bond donors (Lipinski definition) is 7. The lowest BCUT2D eigenvalue weighted by atomic mass is 9.65. The van der Waals surface area contributed by atoms with E-state index in [9.17, 15) is 29.9 Å². The number of carboxylic acids is 1. The van der Waals surface area contributed by atoms with E-state index in [1.54, 1.807) is 13.0 Å². The first-order valence-electron chi connectivity index (χ1n) is 11.2. The summed E-state index contributed by atoms with van der Waals surface area (Å²) in [7, 11) is -1.53. The van der Waals surface area contributed by atoms with Crippen LogP contribution in [0.5, 0.6) is 11.5 Å². The van der Waals surface area contributed by atoms with E-state index in [0.717, 1.165) is 6.42 Å². The number of amides is 1. The molecule has 182 valence electrons. The third-order valence-corrected chi connectivity index (χ3v) is 6.45. The van der Waals surface area contributed by atoms with Crippen LogP contribution in [0.1, 0.15) is 48.0 Å². The maximum atomic E-state index is 12.2. The number of carbonyl (C=O) groups excluding carboxylic acids is 1. The summed E-state index contributed by atoms with van der Waals surface area (Å²) in [6, 6.07) is 3.10. The van der Waals surface area contributed by atoms with Gasteiger partial charge in [-0.3, -0.25) is 9.69 Å². The highest BCUT2D eigenvalue weighted by atomic mass is 16.5. The maximum absolute atomic E-state index is 12.2. The largest absolute Gasteiger partial charge is 0.507 e. The van der Waals surface area contributed by atoms with E-state index in [1.807, 2.05) is 4.90 Å². The number of aromatic carboxylic acids is 1. The van der Waals surface area contributed by atoms with Crippen LogP contribution in [0.2, 0.25) is 5.82 Å². The van der Waals surface area contributed by atoms with Gasteiger partial charge in [0.05, 0.1) is 0 Å². The molecule has 0 spiro atoms. The van der Waals surface area contributed by atoms with Crippen LogP contribution in [-0.2, 0) is 4.79 Å². The highest BCUT2D eigenvalue weighted by Crippen LogP contribution is 2.49. The number of hydrogen-bond acceptors (Lipinski definition) is 9. The highest BCUT2D eigenvalue weighted by Gasteiger charge is 2.40. The summed E-state index contributed by atoms with van der Waals surface area (Å²) in [5, 5.41) is 42.4. The fourth-order valence-corrected chi connectivity index (χ4v) is 4.75. The summed E-state index contributed by atoms with van der Waals surface area (Å²) in [6.07, 6.45) is 1.65. The minimum absolute atomic E-state index is 0.0451. The van der Waals surface area contributed by atoms with E-state index in [4.69, 9.17) is 16.2 Å². The number of rotatable bonds is 10. The van der Waals surface area contributed by atoms with E-state index in [1.165, 1.54) is 6.07 Å². The van der Waals surface area contributed by atoms with Crippen LogP contribution in [0.3, 0.4) is 0 Å². The zero-order chi connectivity index (χ0) is 24.3. The topological polar surface area (TPSA) is 192 Å². The van der Waals surface area contributed by atoms with Gasteiger partial charge in [-0.05, 0) is 30.9 Å². The number of carboxylic acid groups (broad SMARTS) is 1. The van der Waals surface area contributed by atoms with Gasteiger partial charge in [0.1, 0.15) is 28.7 Å². The zero-order valence-corrected chi connectivity index (χ0v) is 18.7. The Morgan fingerprint density at radius 3 is 2.61 bits per heavy atom. The van der Waals surface area contributed by atoms with Gasteiger partial charge in [0.15, 0.2) is 0 Å². The van der Waals surface area contributed by atoms with E-state index in [-0.39, 0.29) is 29.2 Å². The first-order chi connectivity index (χ1) is 15.5. The molecule has 3 rings (SSSR count). The molecule has 1 aliphatic heterocycles. The van der Waals surface area contributed by atoms with Gasteiger partial charge in [0, 0.05) is 38.5 Å². The SMILES string of the molecule is CC(N)(CN1CC(Oc2ccc([C@H]3CCC[C@H]3B(O)O)c(O)c2C(=O)O)C1)C(=O)NCCN. The van der Waals surface area contributed by atoms with Gasteiger partial charge in [-0.1, -0.05) is 18.9 Å². The maximum Gasteiger partial charge on any atom is 0.455 e. The second-order valence-corrected chi connectivity index (χ2v) is 9.19. The van der Waals surface area contributed by atoms with Crippen molar-refractivity contribution in [1.29, 1.82) is 0 Å². The van der Waals surface area contributed by atoms with Crippen LogP contribution < -0.4 is 21.5 Å². The molecule has 1 saturated heterocycles. The Bertz CT molecular complexity index is 876. The molecule has 11 nitrogen and oxygen atoms in total. The van der Waals surface area contributed by atoms with E-state index < -0.39 is 30.2 Å². The molecule has 12 heteroatoms. The Kier molecular flexibility index (Phi) is 7.86. The molecule has 1 amide bonds. The summed E-state index contributed by atoms with van der Waals surface area (Å²) in [4.78, 5) is 26.0. The average Bonchev–Trinajstić information content (AvgIpc) is 3.19. The summed E-state index contributed by atoms with van der Waals surface area (Å²) in [5.41, 5.74) is 10.4. The molecule has 1 unspecified atom stereocenters. The van der Waals surface area contributed by atoms with Crippen LogP contribution in [0.4, 0.5) is 0 Å². The molecule has 1 saturated carbocycles. The molecule has 1 aromatic carbocycles. The van der Waals surface area contributed by atoms with Crippen molar-refractivity contribution in [3.63, 3.8) is 0 Å². The molecule has 1 aromatic rings. The first kappa shape index (κ1) is 25.3. The van der Waals surface area contributed by atoms with Crippen LogP contribution in [0.15, 0.2) is 12.1 Å². The fraction of sp³-hybridized carbons (Fsp3) is 0.619. The van der Waals surface area contributed by atoms with Crippen LogP contribution in [0.25, 0.3) is 0 Å². The molecule has 2 aliphatic rings. The Morgan fingerprint density at radius 1 is 1.30 bits per heavy atom. The van der Waals surface area contributed by atoms with E-state index >= 15 is 0 Å². The third-order valence-electron chi connectivity index (χ3n) is 6.45. The second kappa shape index (κ2) is 10.3. The molecule has 9 N–H and O–H groups in total. The van der Waals surface area contributed by atoms with Crippen molar-refractivity contribution >= 4 is 19.0 Å². The molecule has 1 heterocycles. The number of aromatic hydroxyl groups is 1. The summed E-state index contributed by atoms with van der Waals surface area (Å²) in [6.45, 7) is 3.48. The number of likely N-dealkylation sites (tertiary alicyclic amines) is 1. The van der Waals surface area contributed by atoms with Crippen molar-refractivity contribution in [3.05, 3.63) is 23.3 Å². The van der Waals surface area contributed by atoms with Gasteiger partial charge >= 0.3 is 13.1 Å². The fourth-order valence-electron chi connectivity index (χ4n) is 4.75. The van der Waals surface area contributed by atoms with Crippen LogP contribution in [0, 0.1) is 0 Å². The lowest BCUT2D eigenvalue weighted by molar-refractivity contribution is -0.127. The van der Waals surface area contributed by atoms with Crippen LogP contribution >= 0.6 is 0 Å². The Morgan fingerprint density at radius 2 is 2.00 bits per heavy atom. The quantitative estimate of drug-likeness (QED) is 0.213. The van der Waals surface area contributed by atoms with E-state index in [0.29, 0.717) is 51.1 Å². The molecule has 0 bridgehead atoms. The molecular weight excluding hydrogens is 431 g/mol. The second-order valence-electron chi connectivity index (χ2n) is 9.19. The van der Waals surface area contributed by atoms with Gasteiger partial charge in [-0.2, -0.15) is 0 Å². The smallest absolute Gasteiger partial charge is 0.455 e. The number of phenols is 1. The van der Waals surface area contributed by atoms with Crippen molar-refractivity contribution in [1.82, 2.24) is 10.2 Å². The zero-order valence-electron chi connectivity index (χ0n) is 18.7. The number of ether oxygens (including phenoxy) is 1.